The first-order chi connectivity index (χ1) is 10.8. The summed E-state index contributed by atoms with van der Waals surface area (Å²) in [5.74, 6) is 2.01. The highest BCUT2D eigenvalue weighted by molar-refractivity contribution is 5.89. The highest BCUT2D eigenvalue weighted by Crippen LogP contribution is 2.26. The number of amides is 2. The van der Waals surface area contributed by atoms with Crippen LogP contribution >= 0.6 is 0 Å². The summed E-state index contributed by atoms with van der Waals surface area (Å²) in [7, 11) is 1.56. The number of furan rings is 1. The molecule has 0 radical (unpaired) electrons. The lowest BCUT2D eigenvalue weighted by Crippen LogP contribution is -2.40. The lowest BCUT2D eigenvalue weighted by molar-refractivity contribution is 0.0584. The lowest BCUT2D eigenvalue weighted by atomic mass is 9.96. The molecule has 1 atom stereocenters. The summed E-state index contributed by atoms with van der Waals surface area (Å²) in [4.78, 5) is 12.0. The third kappa shape index (κ3) is 4.26. The van der Waals surface area contributed by atoms with E-state index in [-0.39, 0.29) is 6.54 Å². The molecule has 1 heterocycles. The van der Waals surface area contributed by atoms with Crippen LogP contribution < -0.4 is 15.4 Å². The number of carbonyl (C=O) groups is 1. The number of benzene rings is 1. The van der Waals surface area contributed by atoms with E-state index in [1.54, 1.807) is 51.3 Å². The molecule has 0 saturated carbocycles. The molecule has 124 valence electrons. The van der Waals surface area contributed by atoms with Gasteiger partial charge in [0.15, 0.2) is 0 Å². The van der Waals surface area contributed by atoms with Crippen LogP contribution in [0.4, 0.5) is 10.5 Å². The predicted octanol–water partition coefficient (Wildman–Crippen LogP) is 2.93. The van der Waals surface area contributed by atoms with Crippen LogP contribution in [0.5, 0.6) is 5.75 Å². The zero-order chi connectivity index (χ0) is 17.0. The molecule has 1 unspecified atom stereocenters. The van der Waals surface area contributed by atoms with Crippen molar-refractivity contribution in [2.24, 2.45) is 0 Å². The van der Waals surface area contributed by atoms with Gasteiger partial charge in [0.2, 0.25) is 0 Å². The topological polar surface area (TPSA) is 83.7 Å². The summed E-state index contributed by atoms with van der Waals surface area (Å²) in [6.45, 7) is 5.29. The smallest absolute Gasteiger partial charge is 0.319 e. The minimum atomic E-state index is -1.21. The maximum Gasteiger partial charge on any atom is 0.319 e. The standard InChI is InChI=1S/C17H22N2O4/c1-11-8-15(12(2)23-11)17(3,21)10-18-16(20)19-13-6-5-7-14(9-13)22-4/h5-9,21H,10H2,1-4H3,(H2,18,19,20). The van der Waals surface area contributed by atoms with Crippen molar-refractivity contribution in [3.8, 4) is 5.75 Å². The third-order valence-electron chi connectivity index (χ3n) is 3.54. The van der Waals surface area contributed by atoms with Gasteiger partial charge in [0.25, 0.3) is 0 Å². The van der Waals surface area contributed by atoms with Crippen molar-refractivity contribution in [3.63, 3.8) is 0 Å². The van der Waals surface area contributed by atoms with Gasteiger partial charge in [0.05, 0.1) is 13.7 Å². The zero-order valence-electron chi connectivity index (χ0n) is 13.8. The Morgan fingerprint density at radius 1 is 1.35 bits per heavy atom. The minimum absolute atomic E-state index is 0.0581. The van der Waals surface area contributed by atoms with E-state index in [0.717, 1.165) is 5.76 Å². The summed E-state index contributed by atoms with van der Waals surface area (Å²) in [6, 6.07) is 8.40. The molecule has 0 bridgehead atoms. The number of hydrogen-bond donors (Lipinski definition) is 3. The molecule has 2 rings (SSSR count). The van der Waals surface area contributed by atoms with E-state index >= 15 is 0 Å². The van der Waals surface area contributed by atoms with Crippen LogP contribution in [0, 0.1) is 13.8 Å². The summed E-state index contributed by atoms with van der Waals surface area (Å²) < 4.78 is 10.5. The third-order valence-corrected chi connectivity index (χ3v) is 3.54. The van der Waals surface area contributed by atoms with Crippen molar-refractivity contribution in [2.75, 3.05) is 19.0 Å². The Morgan fingerprint density at radius 3 is 2.70 bits per heavy atom. The Bertz CT molecular complexity index is 692. The van der Waals surface area contributed by atoms with Crippen molar-refractivity contribution >= 4 is 11.7 Å². The second-order valence-corrected chi connectivity index (χ2v) is 5.64. The number of nitrogens with one attached hydrogen (secondary N) is 2. The first-order valence-corrected chi connectivity index (χ1v) is 7.30. The van der Waals surface area contributed by atoms with Gasteiger partial charge < -0.3 is 24.9 Å². The number of methoxy groups -OCH3 is 1. The number of ether oxygens (including phenoxy) is 1. The number of carbonyl (C=O) groups excluding carboxylic acids is 1. The fraction of sp³-hybridized carbons (Fsp3) is 0.353. The number of rotatable bonds is 5. The zero-order valence-corrected chi connectivity index (χ0v) is 13.8. The Kier molecular flexibility index (Phi) is 4.95. The summed E-state index contributed by atoms with van der Waals surface area (Å²) in [5, 5.41) is 15.9. The highest BCUT2D eigenvalue weighted by atomic mass is 16.5. The van der Waals surface area contributed by atoms with Crippen LogP contribution in [-0.4, -0.2) is 24.8 Å². The van der Waals surface area contributed by atoms with E-state index in [9.17, 15) is 9.90 Å². The second-order valence-electron chi connectivity index (χ2n) is 5.64. The van der Waals surface area contributed by atoms with Gasteiger partial charge >= 0.3 is 6.03 Å². The fourth-order valence-corrected chi connectivity index (χ4v) is 2.39. The monoisotopic (exact) mass is 318 g/mol. The maximum absolute atomic E-state index is 12.0. The van der Waals surface area contributed by atoms with Gasteiger partial charge in [-0.1, -0.05) is 6.07 Å². The van der Waals surface area contributed by atoms with Gasteiger partial charge in [0, 0.05) is 17.3 Å². The van der Waals surface area contributed by atoms with Crippen LogP contribution in [0.2, 0.25) is 0 Å². The summed E-state index contributed by atoms with van der Waals surface area (Å²) in [5.41, 5.74) is 0.0570. The van der Waals surface area contributed by atoms with Crippen molar-refractivity contribution in [2.45, 2.75) is 26.4 Å². The predicted molar refractivity (Wildman–Crippen MR) is 87.8 cm³/mol. The summed E-state index contributed by atoms with van der Waals surface area (Å²) >= 11 is 0. The van der Waals surface area contributed by atoms with E-state index in [4.69, 9.17) is 9.15 Å². The van der Waals surface area contributed by atoms with Crippen molar-refractivity contribution in [3.05, 3.63) is 47.4 Å². The van der Waals surface area contributed by atoms with Crippen LogP contribution in [-0.2, 0) is 5.60 Å². The first-order valence-electron chi connectivity index (χ1n) is 7.30. The van der Waals surface area contributed by atoms with E-state index in [1.807, 2.05) is 6.92 Å². The van der Waals surface area contributed by atoms with Gasteiger partial charge in [-0.05, 0) is 39.0 Å². The summed E-state index contributed by atoms with van der Waals surface area (Å²) in [6.07, 6.45) is 0. The number of anilines is 1. The molecule has 2 aromatic rings. The Hall–Kier alpha value is -2.47. The quantitative estimate of drug-likeness (QED) is 0.791. The lowest BCUT2D eigenvalue weighted by Gasteiger charge is -2.23. The van der Waals surface area contributed by atoms with Crippen LogP contribution in [0.25, 0.3) is 0 Å². The number of urea groups is 1. The number of aliphatic hydroxyl groups is 1. The van der Waals surface area contributed by atoms with Gasteiger partial charge in [-0.3, -0.25) is 0 Å². The molecule has 0 saturated heterocycles. The highest BCUT2D eigenvalue weighted by Gasteiger charge is 2.28. The van der Waals surface area contributed by atoms with Crippen LogP contribution in [0.3, 0.4) is 0 Å². The number of hydrogen-bond acceptors (Lipinski definition) is 4. The molecular formula is C17H22N2O4. The van der Waals surface area contributed by atoms with Crippen LogP contribution in [0.1, 0.15) is 24.0 Å². The van der Waals surface area contributed by atoms with Gasteiger partial charge in [-0.15, -0.1) is 0 Å². The van der Waals surface area contributed by atoms with Gasteiger partial charge in [-0.25, -0.2) is 4.79 Å². The van der Waals surface area contributed by atoms with E-state index in [1.165, 1.54) is 0 Å². The average Bonchev–Trinajstić information content (AvgIpc) is 2.85. The molecule has 0 aliphatic rings. The molecule has 3 N–H and O–H groups in total. The molecule has 6 heteroatoms. The normalized spacial score (nSPS) is 13.3. The Balaban J connectivity index is 1.96. The minimum Gasteiger partial charge on any atom is -0.497 e. The van der Waals surface area contributed by atoms with Crippen molar-refractivity contribution in [1.29, 1.82) is 0 Å². The van der Waals surface area contributed by atoms with E-state index in [0.29, 0.717) is 22.8 Å². The van der Waals surface area contributed by atoms with Crippen molar-refractivity contribution in [1.82, 2.24) is 5.32 Å². The van der Waals surface area contributed by atoms with Crippen molar-refractivity contribution < 1.29 is 19.1 Å². The molecule has 0 spiro atoms. The fourth-order valence-electron chi connectivity index (χ4n) is 2.39. The molecule has 0 aliphatic carbocycles. The SMILES string of the molecule is COc1cccc(NC(=O)NCC(C)(O)c2cc(C)oc2C)c1. The van der Waals surface area contributed by atoms with Crippen LogP contribution in [0.15, 0.2) is 34.7 Å². The molecule has 0 fully saturated rings. The Labute approximate surface area is 135 Å². The van der Waals surface area contributed by atoms with E-state index in [2.05, 4.69) is 10.6 Å². The number of aryl methyl sites for hydroxylation is 2. The van der Waals surface area contributed by atoms with Gasteiger partial charge in [0.1, 0.15) is 22.9 Å². The van der Waals surface area contributed by atoms with Gasteiger partial charge in [-0.2, -0.15) is 0 Å². The molecule has 1 aromatic heterocycles. The second kappa shape index (κ2) is 6.75. The maximum atomic E-state index is 12.0. The molecule has 6 nitrogen and oxygen atoms in total. The first kappa shape index (κ1) is 16.9. The molecule has 2 amide bonds. The molecular weight excluding hydrogens is 296 g/mol. The Morgan fingerprint density at radius 2 is 2.09 bits per heavy atom. The molecule has 0 aliphatic heterocycles. The average molecular weight is 318 g/mol. The largest absolute Gasteiger partial charge is 0.497 e. The van der Waals surface area contributed by atoms with E-state index < -0.39 is 11.6 Å². The molecule has 1 aromatic carbocycles. The molecule has 23 heavy (non-hydrogen) atoms.